The van der Waals surface area contributed by atoms with Gasteiger partial charge in [-0.05, 0) is 115 Å². The van der Waals surface area contributed by atoms with E-state index in [-0.39, 0.29) is 17.3 Å². The average molecular weight is 477 g/mol. The van der Waals surface area contributed by atoms with Gasteiger partial charge in [0.25, 0.3) is 0 Å². The number of aliphatic hydroxyl groups excluding tert-OH is 1. The Morgan fingerprint density at radius 2 is 1.74 bits per heavy atom. The highest BCUT2D eigenvalue weighted by molar-refractivity contribution is 6.07. The average Bonchev–Trinajstić information content (AvgIpc) is 3.20. The van der Waals surface area contributed by atoms with Gasteiger partial charge in [-0.1, -0.05) is 6.92 Å². The molecule has 5 nitrogen and oxygen atoms in total. The Balaban J connectivity index is 1.43. The first kappa shape index (κ1) is 23.9. The van der Waals surface area contributed by atoms with Crippen molar-refractivity contribution in [3.8, 4) is 17.2 Å². The quantitative estimate of drug-likeness (QED) is 0.420. The highest BCUT2D eigenvalue weighted by atomic mass is 16.5. The third kappa shape index (κ3) is 4.04. The van der Waals surface area contributed by atoms with Gasteiger partial charge in [0.15, 0.2) is 17.3 Å². The lowest BCUT2D eigenvalue weighted by atomic mass is 9.55. The molecule has 0 spiro atoms. The Kier molecular flexibility index (Phi) is 6.39. The van der Waals surface area contributed by atoms with E-state index < -0.39 is 0 Å². The molecule has 1 N–H and O–H groups in total. The Hall–Kier alpha value is -2.79. The summed E-state index contributed by atoms with van der Waals surface area (Å²) in [6.07, 6.45) is 9.81. The zero-order valence-electron chi connectivity index (χ0n) is 21.2. The van der Waals surface area contributed by atoms with Crippen LogP contribution in [0.25, 0.3) is 6.08 Å². The van der Waals surface area contributed by atoms with Crippen LogP contribution in [-0.4, -0.2) is 38.3 Å². The predicted octanol–water partition coefficient (Wildman–Crippen LogP) is 5.83. The number of carbonyl (C=O) groups is 1. The van der Waals surface area contributed by atoms with E-state index in [1.807, 2.05) is 6.08 Å². The molecule has 35 heavy (non-hydrogen) atoms. The molecule has 186 valence electrons. The summed E-state index contributed by atoms with van der Waals surface area (Å²) in [6.45, 7) is 2.31. The minimum atomic E-state index is -0.160. The Morgan fingerprint density at radius 1 is 0.971 bits per heavy atom. The van der Waals surface area contributed by atoms with Crippen molar-refractivity contribution in [3.63, 3.8) is 0 Å². The molecule has 5 heteroatoms. The molecule has 0 bridgehead atoms. The van der Waals surface area contributed by atoms with E-state index in [4.69, 9.17) is 14.2 Å². The molecule has 5 rings (SSSR count). The molecule has 2 saturated carbocycles. The van der Waals surface area contributed by atoms with Crippen LogP contribution in [0.15, 0.2) is 36.4 Å². The van der Waals surface area contributed by atoms with E-state index in [2.05, 4.69) is 19.1 Å². The number of ether oxygens (including phenoxy) is 3. The number of benzene rings is 2. The van der Waals surface area contributed by atoms with Crippen molar-refractivity contribution in [3.05, 3.63) is 58.7 Å². The smallest absolute Gasteiger partial charge is 0.185 e. The number of fused-ring (bicyclic) bond motifs is 5. The lowest BCUT2D eigenvalue weighted by Gasteiger charge is -2.50. The van der Waals surface area contributed by atoms with Gasteiger partial charge in [0.2, 0.25) is 0 Å². The lowest BCUT2D eigenvalue weighted by molar-refractivity contribution is -0.0226. The number of methoxy groups -OCH3 is 3. The van der Waals surface area contributed by atoms with Gasteiger partial charge in [0.1, 0.15) is 5.75 Å². The molecule has 5 atom stereocenters. The van der Waals surface area contributed by atoms with E-state index in [9.17, 15) is 9.90 Å². The zero-order valence-corrected chi connectivity index (χ0v) is 21.2. The monoisotopic (exact) mass is 476 g/mol. The lowest BCUT2D eigenvalue weighted by Crippen LogP contribution is -2.43. The predicted molar refractivity (Wildman–Crippen MR) is 137 cm³/mol. The number of rotatable bonds is 6. The normalized spacial score (nSPS) is 29.3. The van der Waals surface area contributed by atoms with E-state index >= 15 is 0 Å². The van der Waals surface area contributed by atoms with Crippen LogP contribution in [0.5, 0.6) is 17.2 Å². The second-order valence-corrected chi connectivity index (χ2v) is 10.6. The highest BCUT2D eigenvalue weighted by Crippen LogP contribution is 2.61. The topological polar surface area (TPSA) is 65.0 Å². The van der Waals surface area contributed by atoms with Crippen LogP contribution in [0.4, 0.5) is 0 Å². The maximum absolute atomic E-state index is 12.9. The molecule has 2 fully saturated rings. The van der Waals surface area contributed by atoms with Crippen LogP contribution in [0, 0.1) is 17.3 Å². The molecule has 0 saturated heterocycles. The van der Waals surface area contributed by atoms with Crippen molar-refractivity contribution in [2.24, 2.45) is 17.3 Å². The van der Waals surface area contributed by atoms with Crippen molar-refractivity contribution >= 4 is 11.9 Å². The summed E-state index contributed by atoms with van der Waals surface area (Å²) >= 11 is 0. The maximum Gasteiger partial charge on any atom is 0.185 e. The number of aryl methyl sites for hydroxylation is 1. The van der Waals surface area contributed by atoms with E-state index in [0.29, 0.717) is 34.8 Å². The molecule has 0 aromatic heterocycles. The van der Waals surface area contributed by atoms with E-state index in [1.165, 1.54) is 17.5 Å². The fourth-order valence-corrected chi connectivity index (χ4v) is 7.15. The fraction of sp³-hybridized carbons (Fsp3) is 0.500. The number of carbonyl (C=O) groups excluding carboxylic acids is 1. The molecule has 3 aliphatic rings. The molecule has 2 aromatic carbocycles. The number of aliphatic hydroxyl groups is 1. The number of allylic oxidation sites excluding steroid dienone is 1. The summed E-state index contributed by atoms with van der Waals surface area (Å²) in [5.41, 5.74) is 4.32. The Bertz CT molecular complexity index is 1150. The molecule has 2 aromatic rings. The summed E-state index contributed by atoms with van der Waals surface area (Å²) in [5, 5.41) is 10.7. The van der Waals surface area contributed by atoms with Gasteiger partial charge in [-0.15, -0.1) is 0 Å². The first-order valence-corrected chi connectivity index (χ1v) is 12.7. The first-order valence-electron chi connectivity index (χ1n) is 12.7. The molecule has 0 radical (unpaired) electrons. The van der Waals surface area contributed by atoms with Crippen molar-refractivity contribution in [1.82, 2.24) is 0 Å². The summed E-state index contributed by atoms with van der Waals surface area (Å²) in [4.78, 5) is 12.9. The van der Waals surface area contributed by atoms with Gasteiger partial charge < -0.3 is 19.3 Å². The number of hydrogen-bond donors (Lipinski definition) is 1. The fourth-order valence-electron chi connectivity index (χ4n) is 7.15. The summed E-state index contributed by atoms with van der Waals surface area (Å²) < 4.78 is 16.3. The van der Waals surface area contributed by atoms with Crippen LogP contribution in [-0.2, 0) is 6.42 Å². The summed E-state index contributed by atoms with van der Waals surface area (Å²) in [6, 6.07) is 9.62. The van der Waals surface area contributed by atoms with Crippen molar-refractivity contribution < 1.29 is 24.1 Å². The highest BCUT2D eigenvalue weighted by Gasteiger charge is 2.54. The number of hydrogen-bond acceptors (Lipinski definition) is 5. The molecule has 3 aliphatic carbocycles. The first-order chi connectivity index (χ1) is 16.9. The minimum Gasteiger partial charge on any atom is -0.496 e. The summed E-state index contributed by atoms with van der Waals surface area (Å²) in [5.74, 6) is 3.56. The molecule has 0 amide bonds. The standard InChI is InChI=1S/C30H36O5/c1-30-14-13-21-22(24(30)9-12-29(30)32)8-5-18-16-27(34-3)20(15-23(18)21)6-10-25(31)19-7-11-26(33-2)28(17-19)35-4/h6-7,10-11,15-17,21-22,24,29,32H,5,8-9,12-14H2,1-4H3/b10-6+/t21-,22+,24-,29-,30-/m0/s1. The minimum absolute atomic E-state index is 0.0692. The third-order valence-electron chi connectivity index (χ3n) is 9.11. The molecule has 0 aliphatic heterocycles. The van der Waals surface area contributed by atoms with E-state index in [1.54, 1.807) is 45.6 Å². The summed E-state index contributed by atoms with van der Waals surface area (Å²) in [7, 11) is 4.83. The SMILES string of the molecule is COc1cc2c(cc1/C=C/C(=O)c1ccc(OC)c(OC)c1)[C@H]1CC[C@]3(C)[C@@H](O)CC[C@H]3[C@@H]1CC2. The van der Waals surface area contributed by atoms with Gasteiger partial charge in [-0.2, -0.15) is 0 Å². The zero-order chi connectivity index (χ0) is 24.7. The number of ketones is 1. The van der Waals surface area contributed by atoms with Crippen LogP contribution in [0.3, 0.4) is 0 Å². The van der Waals surface area contributed by atoms with Gasteiger partial charge in [0.05, 0.1) is 27.4 Å². The Labute approximate surface area is 208 Å². The Morgan fingerprint density at radius 3 is 2.49 bits per heavy atom. The van der Waals surface area contributed by atoms with Crippen LogP contribution >= 0.6 is 0 Å². The van der Waals surface area contributed by atoms with Gasteiger partial charge >= 0.3 is 0 Å². The molecular weight excluding hydrogens is 440 g/mol. The van der Waals surface area contributed by atoms with Gasteiger partial charge in [0, 0.05) is 11.1 Å². The third-order valence-corrected chi connectivity index (χ3v) is 9.11. The van der Waals surface area contributed by atoms with Gasteiger partial charge in [-0.3, -0.25) is 4.79 Å². The van der Waals surface area contributed by atoms with Crippen LogP contribution < -0.4 is 14.2 Å². The van der Waals surface area contributed by atoms with Crippen LogP contribution in [0.1, 0.15) is 72.0 Å². The van der Waals surface area contributed by atoms with E-state index in [0.717, 1.165) is 43.4 Å². The van der Waals surface area contributed by atoms with Crippen molar-refractivity contribution in [1.29, 1.82) is 0 Å². The van der Waals surface area contributed by atoms with Gasteiger partial charge in [-0.25, -0.2) is 0 Å². The largest absolute Gasteiger partial charge is 0.496 e. The van der Waals surface area contributed by atoms with Crippen LogP contribution in [0.2, 0.25) is 0 Å². The van der Waals surface area contributed by atoms with Crippen molar-refractivity contribution in [2.45, 2.75) is 57.5 Å². The molecular formula is C30H36O5. The molecule has 0 heterocycles. The van der Waals surface area contributed by atoms with Crippen molar-refractivity contribution in [2.75, 3.05) is 21.3 Å². The molecule has 0 unspecified atom stereocenters. The second-order valence-electron chi connectivity index (χ2n) is 10.6. The second kappa shape index (κ2) is 9.34. The maximum atomic E-state index is 12.9.